The van der Waals surface area contributed by atoms with Crippen LogP contribution in [0.4, 0.5) is 5.69 Å². The van der Waals surface area contributed by atoms with E-state index in [0.29, 0.717) is 10.8 Å². The van der Waals surface area contributed by atoms with Crippen LogP contribution in [0.5, 0.6) is 5.75 Å². The number of halogens is 4. The van der Waals surface area contributed by atoms with Gasteiger partial charge in [-0.05, 0) is 36.4 Å². The number of amides is 1. The lowest BCUT2D eigenvalue weighted by Gasteiger charge is -2.23. The first-order chi connectivity index (χ1) is 13.1. The molecular weight excluding hydrogens is 470 g/mol. The fourth-order valence-electron chi connectivity index (χ4n) is 2.16. The lowest BCUT2D eigenvalue weighted by atomic mass is 10.3. The molecule has 2 aromatic carbocycles. The van der Waals surface area contributed by atoms with Crippen LogP contribution in [0.2, 0.25) is 20.1 Å². The van der Waals surface area contributed by atoms with Gasteiger partial charge < -0.3 is 10.1 Å². The Morgan fingerprint density at radius 1 is 1.04 bits per heavy atom. The summed E-state index contributed by atoms with van der Waals surface area (Å²) in [6.45, 7) is -0.106. The van der Waals surface area contributed by atoms with E-state index in [0.717, 1.165) is 10.6 Å². The molecule has 1 amide bonds. The Hall–Kier alpha value is -1.38. The van der Waals surface area contributed by atoms with Gasteiger partial charge in [0.05, 0.1) is 33.6 Å². The molecule has 2 aromatic rings. The molecule has 0 aliphatic heterocycles. The van der Waals surface area contributed by atoms with E-state index in [1.807, 2.05) is 0 Å². The third-order valence-corrected chi connectivity index (χ3v) is 5.86. The number of benzene rings is 2. The number of sulfonamides is 1. The van der Waals surface area contributed by atoms with Crippen molar-refractivity contribution >= 4 is 68.0 Å². The lowest BCUT2D eigenvalue weighted by Crippen LogP contribution is -2.41. The number of hydrogen-bond donors (Lipinski definition) is 1. The van der Waals surface area contributed by atoms with Crippen molar-refractivity contribution in [1.82, 2.24) is 5.32 Å². The maximum atomic E-state index is 12.2. The van der Waals surface area contributed by atoms with Crippen LogP contribution >= 0.6 is 46.4 Å². The second-order valence-corrected chi connectivity index (χ2v) is 9.20. The zero-order valence-electron chi connectivity index (χ0n) is 14.6. The van der Waals surface area contributed by atoms with Gasteiger partial charge in [0, 0.05) is 5.02 Å². The van der Waals surface area contributed by atoms with E-state index in [9.17, 15) is 13.2 Å². The summed E-state index contributed by atoms with van der Waals surface area (Å²) in [7, 11) is -3.80. The number of nitrogens with one attached hydrogen (secondary N) is 1. The van der Waals surface area contributed by atoms with Gasteiger partial charge in [0.1, 0.15) is 18.9 Å². The van der Waals surface area contributed by atoms with Crippen molar-refractivity contribution in [3.8, 4) is 5.75 Å². The van der Waals surface area contributed by atoms with Crippen molar-refractivity contribution in [1.29, 1.82) is 0 Å². The minimum atomic E-state index is -3.80. The largest absolute Gasteiger partial charge is 0.492 e. The minimum Gasteiger partial charge on any atom is -0.492 e. The molecule has 0 aromatic heterocycles. The fourth-order valence-corrected chi connectivity index (χ4v) is 3.84. The third kappa shape index (κ3) is 6.60. The van der Waals surface area contributed by atoms with Crippen molar-refractivity contribution < 1.29 is 17.9 Å². The van der Waals surface area contributed by atoms with Crippen LogP contribution in [0, 0.1) is 0 Å². The zero-order valence-corrected chi connectivity index (χ0v) is 18.4. The smallest absolute Gasteiger partial charge is 0.240 e. The molecular formula is C17H16Cl4N2O4S. The minimum absolute atomic E-state index is 0.0543. The summed E-state index contributed by atoms with van der Waals surface area (Å²) >= 11 is 23.7. The number of carbonyl (C=O) groups excluding carboxylic acids is 1. The zero-order chi connectivity index (χ0) is 20.9. The van der Waals surface area contributed by atoms with Crippen LogP contribution in [0.1, 0.15) is 0 Å². The summed E-state index contributed by atoms with van der Waals surface area (Å²) in [6.07, 6.45) is 0.961. The summed E-state index contributed by atoms with van der Waals surface area (Å²) in [6, 6.07) is 9.37. The number of nitrogens with zero attached hydrogens (tertiary/aromatic N) is 1. The molecule has 2 rings (SSSR count). The molecule has 0 fully saturated rings. The van der Waals surface area contributed by atoms with Crippen molar-refractivity contribution in [3.63, 3.8) is 0 Å². The van der Waals surface area contributed by atoms with E-state index in [-0.39, 0.29) is 33.9 Å². The molecule has 0 radical (unpaired) electrons. The van der Waals surface area contributed by atoms with Gasteiger partial charge in [-0.1, -0.05) is 46.4 Å². The Morgan fingerprint density at radius 2 is 1.64 bits per heavy atom. The Balaban J connectivity index is 1.98. The normalized spacial score (nSPS) is 11.2. The van der Waals surface area contributed by atoms with Crippen LogP contribution in [0.15, 0.2) is 36.4 Å². The Kier molecular flexibility index (Phi) is 8.09. The number of anilines is 1. The highest BCUT2D eigenvalue weighted by molar-refractivity contribution is 7.92. The van der Waals surface area contributed by atoms with Gasteiger partial charge in [0.25, 0.3) is 0 Å². The van der Waals surface area contributed by atoms with E-state index in [2.05, 4.69) is 5.32 Å². The molecule has 152 valence electrons. The topological polar surface area (TPSA) is 75.7 Å². The molecule has 28 heavy (non-hydrogen) atoms. The van der Waals surface area contributed by atoms with Crippen LogP contribution in [0.3, 0.4) is 0 Å². The molecule has 0 saturated carbocycles. The molecule has 0 aliphatic rings. The SMILES string of the molecule is CS(=O)(=O)N(CC(=O)NCCOc1ccc(Cl)cc1)c1cc(Cl)c(Cl)cc1Cl. The van der Waals surface area contributed by atoms with E-state index >= 15 is 0 Å². The van der Waals surface area contributed by atoms with Gasteiger partial charge in [-0.15, -0.1) is 0 Å². The summed E-state index contributed by atoms with van der Waals surface area (Å²) in [5.41, 5.74) is 0.0612. The highest BCUT2D eigenvalue weighted by atomic mass is 35.5. The molecule has 0 atom stereocenters. The molecule has 0 bridgehead atoms. The second-order valence-electron chi connectivity index (χ2n) is 5.64. The highest BCUT2D eigenvalue weighted by Gasteiger charge is 2.24. The first-order valence-corrected chi connectivity index (χ1v) is 11.2. The summed E-state index contributed by atoms with van der Waals surface area (Å²) < 4.78 is 30.6. The second kappa shape index (κ2) is 9.89. The third-order valence-electron chi connectivity index (χ3n) is 3.45. The molecule has 1 N–H and O–H groups in total. The van der Waals surface area contributed by atoms with Crippen LogP contribution in [0.25, 0.3) is 0 Å². The van der Waals surface area contributed by atoms with Crippen molar-refractivity contribution in [3.05, 3.63) is 56.5 Å². The average molecular weight is 486 g/mol. The molecule has 11 heteroatoms. The summed E-state index contributed by atoms with van der Waals surface area (Å²) in [5, 5.41) is 3.51. The molecule has 0 spiro atoms. The van der Waals surface area contributed by atoms with Gasteiger partial charge in [0.15, 0.2) is 0 Å². The maximum absolute atomic E-state index is 12.2. The van der Waals surface area contributed by atoms with E-state index in [1.165, 1.54) is 12.1 Å². The first kappa shape index (κ1) is 22.9. The molecule has 0 heterocycles. The Morgan fingerprint density at radius 3 is 2.25 bits per heavy atom. The number of carbonyl (C=O) groups is 1. The van der Waals surface area contributed by atoms with Crippen LogP contribution in [-0.2, 0) is 14.8 Å². The molecule has 0 saturated heterocycles. The average Bonchev–Trinajstić information content (AvgIpc) is 2.61. The Bertz CT molecular complexity index is 952. The van der Waals surface area contributed by atoms with Gasteiger partial charge in [0.2, 0.25) is 15.9 Å². The van der Waals surface area contributed by atoms with Gasteiger partial charge in [-0.25, -0.2) is 8.42 Å². The summed E-state index contributed by atoms with van der Waals surface area (Å²) in [4.78, 5) is 12.2. The number of rotatable bonds is 8. The predicted molar refractivity (Wildman–Crippen MR) is 114 cm³/mol. The van der Waals surface area contributed by atoms with Crippen LogP contribution in [-0.4, -0.2) is 40.3 Å². The van der Waals surface area contributed by atoms with Crippen molar-refractivity contribution in [2.75, 3.05) is 30.3 Å². The Labute approximate surface area is 183 Å². The number of ether oxygens (including phenoxy) is 1. The van der Waals surface area contributed by atoms with Gasteiger partial charge in [-0.2, -0.15) is 0 Å². The monoisotopic (exact) mass is 484 g/mol. The predicted octanol–water partition coefficient (Wildman–Crippen LogP) is 4.26. The quantitative estimate of drug-likeness (QED) is 0.447. The van der Waals surface area contributed by atoms with E-state index in [1.54, 1.807) is 24.3 Å². The molecule has 0 aliphatic carbocycles. The number of hydrogen-bond acceptors (Lipinski definition) is 4. The summed E-state index contributed by atoms with van der Waals surface area (Å²) in [5.74, 6) is 0.0614. The lowest BCUT2D eigenvalue weighted by molar-refractivity contribution is -0.119. The molecule has 6 nitrogen and oxygen atoms in total. The molecule has 0 unspecified atom stereocenters. The fraction of sp³-hybridized carbons (Fsp3) is 0.235. The van der Waals surface area contributed by atoms with E-state index in [4.69, 9.17) is 51.1 Å². The first-order valence-electron chi connectivity index (χ1n) is 7.85. The standard InChI is InChI=1S/C17H16Cl4N2O4S/c1-28(25,26)23(16-9-14(20)13(19)8-15(16)21)10-17(24)22-6-7-27-12-4-2-11(18)3-5-12/h2-5,8-9H,6-7,10H2,1H3,(H,22,24). The van der Waals surface area contributed by atoms with Gasteiger partial charge >= 0.3 is 0 Å². The van der Waals surface area contributed by atoms with Crippen molar-refractivity contribution in [2.45, 2.75) is 0 Å². The van der Waals surface area contributed by atoms with Crippen LogP contribution < -0.4 is 14.4 Å². The highest BCUT2D eigenvalue weighted by Crippen LogP contribution is 2.35. The van der Waals surface area contributed by atoms with E-state index < -0.39 is 22.5 Å². The van der Waals surface area contributed by atoms with Crippen molar-refractivity contribution in [2.24, 2.45) is 0 Å². The maximum Gasteiger partial charge on any atom is 0.240 e. The van der Waals surface area contributed by atoms with Gasteiger partial charge in [-0.3, -0.25) is 9.10 Å².